The molecule has 0 aliphatic carbocycles. The van der Waals surface area contributed by atoms with Crippen LogP contribution in [0.2, 0.25) is 0 Å². The summed E-state index contributed by atoms with van der Waals surface area (Å²) < 4.78 is 11.9. The molecule has 1 rings (SSSR count). The molecular formula is C6H5BrFIMg. The van der Waals surface area contributed by atoms with E-state index in [2.05, 4.69) is 6.07 Å². The minimum Gasteiger partial charge on any atom is -1.00 e. The molecule has 1 aromatic carbocycles. The Morgan fingerprint density at radius 3 is 2.20 bits per heavy atom. The summed E-state index contributed by atoms with van der Waals surface area (Å²) in [5.41, 5.74) is 0. The summed E-state index contributed by atoms with van der Waals surface area (Å²) in [5, 5.41) is 0. The van der Waals surface area contributed by atoms with E-state index in [1.807, 2.05) is 0 Å². The van der Waals surface area contributed by atoms with Crippen LogP contribution in [0.1, 0.15) is 0 Å². The Balaban J connectivity index is -0.000000163. The second kappa shape index (κ2) is 10.1. The van der Waals surface area contributed by atoms with Crippen molar-refractivity contribution in [2.24, 2.45) is 0 Å². The quantitative estimate of drug-likeness (QED) is 0.321. The number of halogens is 3. The summed E-state index contributed by atoms with van der Waals surface area (Å²) in [4.78, 5) is 0. The zero-order valence-corrected chi connectivity index (χ0v) is 10.5. The van der Waals surface area contributed by atoms with Gasteiger partial charge >= 0.3 is 23.1 Å². The van der Waals surface area contributed by atoms with Crippen LogP contribution >= 0.6 is 24.0 Å². The zero-order valence-electron chi connectivity index (χ0n) is 5.18. The maximum Gasteiger partial charge on any atom is 2.00 e. The zero-order chi connectivity index (χ0) is 5.11. The van der Waals surface area contributed by atoms with E-state index in [0.29, 0.717) is 0 Å². The molecule has 0 radical (unpaired) electrons. The molecule has 1 aromatic rings. The predicted molar refractivity (Wildman–Crippen MR) is 46.4 cm³/mol. The summed E-state index contributed by atoms with van der Waals surface area (Å²) in [5.74, 6) is -0.234. The Hall–Kier alpha value is 1.13. The molecular weight excluding hydrogens is 322 g/mol. The van der Waals surface area contributed by atoms with Crippen molar-refractivity contribution in [2.75, 3.05) is 0 Å². The SMILES string of the molecule is Fc1c[c-]ccc1.I.[Br-].[Mg+2]. The molecule has 0 bridgehead atoms. The largest absolute Gasteiger partial charge is 2.00 e. The molecule has 0 heterocycles. The van der Waals surface area contributed by atoms with Gasteiger partial charge in [0.25, 0.3) is 0 Å². The number of hydrogen-bond donors (Lipinski definition) is 0. The molecule has 0 fully saturated rings. The van der Waals surface area contributed by atoms with Crippen molar-refractivity contribution in [2.45, 2.75) is 0 Å². The van der Waals surface area contributed by atoms with E-state index in [1.165, 1.54) is 12.1 Å². The molecule has 0 unspecified atom stereocenters. The predicted octanol–water partition coefficient (Wildman–Crippen LogP) is -1.13. The van der Waals surface area contributed by atoms with Gasteiger partial charge in [0.05, 0.1) is 0 Å². The molecule has 52 valence electrons. The van der Waals surface area contributed by atoms with Gasteiger partial charge in [-0.3, -0.25) is 4.39 Å². The number of hydrogen-bond acceptors (Lipinski definition) is 0. The van der Waals surface area contributed by atoms with E-state index in [1.54, 1.807) is 12.1 Å². The summed E-state index contributed by atoms with van der Waals surface area (Å²) in [6.45, 7) is 0. The van der Waals surface area contributed by atoms with Gasteiger partial charge in [-0.1, -0.05) is 0 Å². The molecule has 0 aromatic heterocycles. The average Bonchev–Trinajstić information content (AvgIpc) is 1.69. The first-order valence-corrected chi connectivity index (χ1v) is 2.01. The third kappa shape index (κ3) is 7.24. The first-order chi connectivity index (χ1) is 3.39. The molecule has 0 spiro atoms. The van der Waals surface area contributed by atoms with Gasteiger partial charge in [-0.2, -0.15) is 18.2 Å². The van der Waals surface area contributed by atoms with E-state index in [9.17, 15) is 4.39 Å². The maximum absolute atomic E-state index is 11.9. The Kier molecular flexibility index (Phi) is 17.5. The van der Waals surface area contributed by atoms with Crippen LogP contribution < -0.4 is 17.0 Å². The molecule has 4 heteroatoms. The average molecular weight is 327 g/mol. The Morgan fingerprint density at radius 2 is 2.00 bits per heavy atom. The Morgan fingerprint density at radius 1 is 1.40 bits per heavy atom. The van der Waals surface area contributed by atoms with Crippen LogP contribution in [-0.4, -0.2) is 23.1 Å². The smallest absolute Gasteiger partial charge is 1.00 e. The number of benzene rings is 1. The Bertz CT molecular complexity index is 148. The Labute approximate surface area is 104 Å². The second-order valence-corrected chi connectivity index (χ2v) is 1.22. The standard InChI is InChI=1S/C6H4F.BrH.HI.Mg/c7-6-4-2-1-3-5-6;;;/h1-2,4-5H;2*1H;/q-1;;;+2/p-1. The van der Waals surface area contributed by atoms with Crippen molar-refractivity contribution in [1.29, 1.82) is 0 Å². The topological polar surface area (TPSA) is 0 Å². The van der Waals surface area contributed by atoms with Gasteiger partial charge in [0.15, 0.2) is 0 Å². The monoisotopic (exact) mass is 326 g/mol. The molecule has 0 aliphatic rings. The first kappa shape index (κ1) is 17.3. The van der Waals surface area contributed by atoms with Crippen LogP contribution in [0.15, 0.2) is 24.3 Å². The minimum absolute atomic E-state index is 0. The summed E-state index contributed by atoms with van der Waals surface area (Å²) in [6.07, 6.45) is 0. The van der Waals surface area contributed by atoms with Gasteiger partial charge in [0, 0.05) is 5.82 Å². The van der Waals surface area contributed by atoms with Gasteiger partial charge in [0.2, 0.25) is 0 Å². The first-order valence-electron chi connectivity index (χ1n) is 2.01. The van der Waals surface area contributed by atoms with Crippen molar-refractivity contribution in [3.8, 4) is 0 Å². The van der Waals surface area contributed by atoms with Crippen LogP contribution in [0.25, 0.3) is 0 Å². The van der Waals surface area contributed by atoms with Gasteiger partial charge in [0.1, 0.15) is 0 Å². The van der Waals surface area contributed by atoms with E-state index in [4.69, 9.17) is 0 Å². The van der Waals surface area contributed by atoms with E-state index >= 15 is 0 Å². The van der Waals surface area contributed by atoms with Crippen molar-refractivity contribution >= 4 is 47.0 Å². The van der Waals surface area contributed by atoms with E-state index in [-0.39, 0.29) is 69.8 Å². The third-order valence-corrected chi connectivity index (χ3v) is 0.669. The minimum atomic E-state index is -0.234. The fourth-order valence-electron chi connectivity index (χ4n) is 0.371. The molecule has 0 aliphatic heterocycles. The van der Waals surface area contributed by atoms with Gasteiger partial charge in [-0.15, -0.1) is 36.1 Å². The molecule has 0 nitrogen and oxygen atoms in total. The summed E-state index contributed by atoms with van der Waals surface area (Å²) >= 11 is 0. The van der Waals surface area contributed by atoms with Gasteiger partial charge in [-0.05, 0) is 0 Å². The van der Waals surface area contributed by atoms with Crippen LogP contribution in [0.4, 0.5) is 4.39 Å². The summed E-state index contributed by atoms with van der Waals surface area (Å²) in [6, 6.07) is 8.53. The van der Waals surface area contributed by atoms with Crippen molar-refractivity contribution in [3.63, 3.8) is 0 Å². The molecule has 0 saturated heterocycles. The van der Waals surface area contributed by atoms with Crippen molar-refractivity contribution in [3.05, 3.63) is 36.1 Å². The van der Waals surface area contributed by atoms with Crippen molar-refractivity contribution < 1.29 is 21.4 Å². The maximum atomic E-state index is 11.9. The normalized spacial score (nSPS) is 6.10. The third-order valence-electron chi connectivity index (χ3n) is 0.669. The fraction of sp³-hybridized carbons (Fsp3) is 0. The molecule has 10 heavy (non-hydrogen) atoms. The molecule has 0 amide bonds. The second-order valence-electron chi connectivity index (χ2n) is 1.22. The van der Waals surface area contributed by atoms with E-state index in [0.717, 1.165) is 0 Å². The fourth-order valence-corrected chi connectivity index (χ4v) is 0.371. The van der Waals surface area contributed by atoms with Gasteiger partial charge < -0.3 is 17.0 Å². The van der Waals surface area contributed by atoms with Crippen LogP contribution in [-0.2, 0) is 0 Å². The van der Waals surface area contributed by atoms with Crippen LogP contribution in [0.3, 0.4) is 0 Å². The number of rotatable bonds is 0. The van der Waals surface area contributed by atoms with Crippen LogP contribution in [0.5, 0.6) is 0 Å². The molecule has 0 atom stereocenters. The molecule has 0 saturated carbocycles. The van der Waals surface area contributed by atoms with Gasteiger partial charge in [-0.25, -0.2) is 0 Å². The summed E-state index contributed by atoms with van der Waals surface area (Å²) in [7, 11) is 0. The molecule has 0 N–H and O–H groups in total. The van der Waals surface area contributed by atoms with Crippen molar-refractivity contribution in [1.82, 2.24) is 0 Å². The van der Waals surface area contributed by atoms with Crippen LogP contribution in [0, 0.1) is 11.9 Å². The van der Waals surface area contributed by atoms with E-state index < -0.39 is 0 Å².